The summed E-state index contributed by atoms with van der Waals surface area (Å²) in [6, 6.07) is 0. The zero-order valence-corrected chi connectivity index (χ0v) is 12.6. The number of hydrogen-bond acceptors (Lipinski definition) is 5. The van der Waals surface area contributed by atoms with E-state index in [1.165, 1.54) is 19.3 Å². The SMILES string of the molecule is CCCN1CCN(c2c(C)c(Cl)nc3ncnn23)CC1. The molecule has 0 atom stereocenters. The van der Waals surface area contributed by atoms with Gasteiger partial charge in [0, 0.05) is 31.7 Å². The zero-order valence-electron chi connectivity index (χ0n) is 11.9. The number of halogens is 1. The van der Waals surface area contributed by atoms with E-state index in [0.717, 1.165) is 37.6 Å². The van der Waals surface area contributed by atoms with Gasteiger partial charge in [0.15, 0.2) is 0 Å². The number of hydrogen-bond donors (Lipinski definition) is 0. The van der Waals surface area contributed by atoms with Crippen LogP contribution in [-0.2, 0) is 0 Å². The van der Waals surface area contributed by atoms with Gasteiger partial charge in [-0.25, -0.2) is 0 Å². The minimum atomic E-state index is 0.511. The second-order valence-corrected chi connectivity index (χ2v) is 5.51. The zero-order chi connectivity index (χ0) is 14.1. The molecule has 0 aliphatic carbocycles. The Morgan fingerprint density at radius 1 is 1.25 bits per heavy atom. The fourth-order valence-corrected chi connectivity index (χ4v) is 2.91. The second-order valence-electron chi connectivity index (χ2n) is 5.15. The third kappa shape index (κ3) is 2.33. The van der Waals surface area contributed by atoms with Gasteiger partial charge in [-0.3, -0.25) is 4.90 Å². The maximum atomic E-state index is 6.22. The van der Waals surface area contributed by atoms with Crippen molar-refractivity contribution in [3.8, 4) is 0 Å². The normalized spacial score (nSPS) is 17.1. The van der Waals surface area contributed by atoms with Gasteiger partial charge in [0.1, 0.15) is 17.3 Å². The number of anilines is 1. The highest BCUT2D eigenvalue weighted by molar-refractivity contribution is 6.30. The van der Waals surface area contributed by atoms with E-state index in [1.54, 1.807) is 4.52 Å². The van der Waals surface area contributed by atoms with Gasteiger partial charge in [-0.2, -0.15) is 19.6 Å². The van der Waals surface area contributed by atoms with Crippen LogP contribution in [0.15, 0.2) is 6.33 Å². The maximum absolute atomic E-state index is 6.22. The molecular formula is C13H19ClN6. The molecule has 3 rings (SSSR count). The summed E-state index contributed by atoms with van der Waals surface area (Å²) >= 11 is 6.22. The van der Waals surface area contributed by atoms with Gasteiger partial charge >= 0.3 is 0 Å². The molecule has 3 heterocycles. The topological polar surface area (TPSA) is 49.6 Å². The maximum Gasteiger partial charge on any atom is 0.255 e. The first kappa shape index (κ1) is 13.6. The lowest BCUT2D eigenvalue weighted by molar-refractivity contribution is 0.257. The molecule has 2 aromatic rings. The molecule has 108 valence electrons. The Labute approximate surface area is 123 Å². The first-order valence-corrected chi connectivity index (χ1v) is 7.41. The van der Waals surface area contributed by atoms with Crippen LogP contribution in [0.25, 0.3) is 5.78 Å². The largest absolute Gasteiger partial charge is 0.354 e. The summed E-state index contributed by atoms with van der Waals surface area (Å²) in [7, 11) is 0. The molecular weight excluding hydrogens is 276 g/mol. The lowest BCUT2D eigenvalue weighted by atomic mass is 10.2. The fourth-order valence-electron chi connectivity index (χ4n) is 2.75. The Kier molecular flexibility index (Phi) is 3.76. The molecule has 0 N–H and O–H groups in total. The van der Waals surface area contributed by atoms with E-state index in [1.807, 2.05) is 6.92 Å². The Morgan fingerprint density at radius 2 is 2.00 bits per heavy atom. The third-order valence-electron chi connectivity index (χ3n) is 3.79. The minimum absolute atomic E-state index is 0.511. The van der Waals surface area contributed by atoms with Crippen molar-refractivity contribution in [3.63, 3.8) is 0 Å². The molecule has 0 amide bonds. The summed E-state index contributed by atoms with van der Waals surface area (Å²) in [6.45, 7) is 9.49. The minimum Gasteiger partial charge on any atom is -0.354 e. The van der Waals surface area contributed by atoms with Gasteiger partial charge in [-0.05, 0) is 19.9 Å². The number of rotatable bonds is 3. The standard InChI is InChI=1S/C13H19ClN6/c1-3-4-18-5-7-19(8-6-18)12-10(2)11(14)17-13-15-9-16-20(12)13/h9H,3-8H2,1-2H3. The van der Waals surface area contributed by atoms with Crippen molar-refractivity contribution >= 4 is 23.2 Å². The predicted octanol–water partition coefficient (Wildman–Crippen LogP) is 1.62. The van der Waals surface area contributed by atoms with Crippen LogP contribution in [0.4, 0.5) is 5.82 Å². The average Bonchev–Trinajstić information content (AvgIpc) is 2.89. The summed E-state index contributed by atoms with van der Waals surface area (Å²) in [5.74, 6) is 1.58. The molecule has 6 nitrogen and oxygen atoms in total. The number of piperazine rings is 1. The van der Waals surface area contributed by atoms with Crippen LogP contribution in [0.1, 0.15) is 18.9 Å². The predicted molar refractivity (Wildman–Crippen MR) is 79.5 cm³/mol. The Balaban J connectivity index is 1.91. The summed E-state index contributed by atoms with van der Waals surface area (Å²) in [4.78, 5) is 13.2. The molecule has 0 bridgehead atoms. The smallest absolute Gasteiger partial charge is 0.255 e. The van der Waals surface area contributed by atoms with Crippen LogP contribution in [0.3, 0.4) is 0 Å². The van der Waals surface area contributed by atoms with Crippen molar-refractivity contribution in [2.45, 2.75) is 20.3 Å². The van der Waals surface area contributed by atoms with E-state index in [0.29, 0.717) is 10.9 Å². The van der Waals surface area contributed by atoms with Gasteiger partial charge in [0.05, 0.1) is 0 Å². The van der Waals surface area contributed by atoms with Crippen LogP contribution < -0.4 is 4.90 Å². The van der Waals surface area contributed by atoms with E-state index in [2.05, 4.69) is 31.8 Å². The molecule has 1 saturated heterocycles. The quantitative estimate of drug-likeness (QED) is 0.805. The van der Waals surface area contributed by atoms with E-state index in [9.17, 15) is 0 Å². The molecule has 7 heteroatoms. The van der Waals surface area contributed by atoms with Crippen molar-refractivity contribution < 1.29 is 0 Å². The molecule has 0 aromatic carbocycles. The lowest BCUT2D eigenvalue weighted by Gasteiger charge is -2.36. The number of nitrogens with zero attached hydrogens (tertiary/aromatic N) is 6. The van der Waals surface area contributed by atoms with E-state index >= 15 is 0 Å². The van der Waals surface area contributed by atoms with Crippen LogP contribution in [0.5, 0.6) is 0 Å². The first-order valence-electron chi connectivity index (χ1n) is 7.04. The van der Waals surface area contributed by atoms with Gasteiger partial charge in [0.2, 0.25) is 0 Å². The second kappa shape index (κ2) is 5.54. The monoisotopic (exact) mass is 294 g/mol. The molecule has 0 radical (unpaired) electrons. The molecule has 0 spiro atoms. The summed E-state index contributed by atoms with van der Waals surface area (Å²) in [5, 5.41) is 4.79. The molecule has 1 fully saturated rings. The summed E-state index contributed by atoms with van der Waals surface area (Å²) in [6.07, 6.45) is 2.72. The van der Waals surface area contributed by atoms with E-state index in [-0.39, 0.29) is 0 Å². The van der Waals surface area contributed by atoms with E-state index in [4.69, 9.17) is 11.6 Å². The van der Waals surface area contributed by atoms with Crippen LogP contribution >= 0.6 is 11.6 Å². The summed E-state index contributed by atoms with van der Waals surface area (Å²) < 4.78 is 1.79. The third-order valence-corrected chi connectivity index (χ3v) is 4.15. The highest BCUT2D eigenvalue weighted by Crippen LogP contribution is 2.26. The molecule has 1 aliphatic heterocycles. The molecule has 20 heavy (non-hydrogen) atoms. The number of fused-ring (bicyclic) bond motifs is 1. The average molecular weight is 295 g/mol. The first-order chi connectivity index (χ1) is 9.70. The number of aromatic nitrogens is 4. The molecule has 0 unspecified atom stereocenters. The van der Waals surface area contributed by atoms with Crippen molar-refractivity contribution in [1.82, 2.24) is 24.5 Å². The van der Waals surface area contributed by atoms with Crippen molar-refractivity contribution in [2.75, 3.05) is 37.6 Å². The molecule has 2 aromatic heterocycles. The van der Waals surface area contributed by atoms with Crippen LogP contribution in [0, 0.1) is 6.92 Å². The highest BCUT2D eigenvalue weighted by Gasteiger charge is 2.22. The molecule has 1 aliphatic rings. The van der Waals surface area contributed by atoms with Gasteiger partial charge < -0.3 is 4.90 Å². The van der Waals surface area contributed by atoms with Crippen LogP contribution in [-0.4, -0.2) is 57.2 Å². The van der Waals surface area contributed by atoms with E-state index < -0.39 is 0 Å². The fraction of sp³-hybridized carbons (Fsp3) is 0.615. The van der Waals surface area contributed by atoms with Crippen molar-refractivity contribution in [2.24, 2.45) is 0 Å². The van der Waals surface area contributed by atoms with Gasteiger partial charge in [-0.15, -0.1) is 0 Å². The highest BCUT2D eigenvalue weighted by atomic mass is 35.5. The Hall–Kier alpha value is -1.40. The Bertz CT molecular complexity index is 602. The Morgan fingerprint density at radius 3 is 2.70 bits per heavy atom. The van der Waals surface area contributed by atoms with Crippen molar-refractivity contribution in [1.29, 1.82) is 0 Å². The van der Waals surface area contributed by atoms with Gasteiger partial charge in [0.25, 0.3) is 5.78 Å². The van der Waals surface area contributed by atoms with Crippen LogP contribution in [0.2, 0.25) is 5.15 Å². The van der Waals surface area contributed by atoms with Crippen molar-refractivity contribution in [3.05, 3.63) is 17.0 Å². The summed E-state index contributed by atoms with van der Waals surface area (Å²) in [5.41, 5.74) is 0.966. The van der Waals surface area contributed by atoms with Gasteiger partial charge in [-0.1, -0.05) is 18.5 Å². The molecule has 0 saturated carbocycles. The lowest BCUT2D eigenvalue weighted by Crippen LogP contribution is -2.47.